The second kappa shape index (κ2) is 6.26. The fourth-order valence-electron chi connectivity index (χ4n) is 2.25. The summed E-state index contributed by atoms with van der Waals surface area (Å²) >= 11 is 0. The van der Waals surface area contributed by atoms with Gasteiger partial charge in [-0.05, 0) is 31.2 Å². The van der Waals surface area contributed by atoms with Gasteiger partial charge in [0.1, 0.15) is 5.76 Å². The van der Waals surface area contributed by atoms with Crippen molar-refractivity contribution in [3.05, 3.63) is 77.9 Å². The topological polar surface area (TPSA) is 55.1 Å². The van der Waals surface area contributed by atoms with Crippen molar-refractivity contribution in [3.63, 3.8) is 0 Å². The zero-order valence-electron chi connectivity index (χ0n) is 12.2. The van der Waals surface area contributed by atoms with Gasteiger partial charge >= 0.3 is 0 Å². The molecule has 22 heavy (non-hydrogen) atoms. The summed E-state index contributed by atoms with van der Waals surface area (Å²) in [4.78, 5) is 16.7. The first-order valence-corrected chi connectivity index (χ1v) is 7.07. The highest BCUT2D eigenvalue weighted by atomic mass is 16.3. The zero-order chi connectivity index (χ0) is 15.4. The molecule has 110 valence electrons. The molecule has 0 fully saturated rings. The van der Waals surface area contributed by atoms with Crippen molar-refractivity contribution in [1.29, 1.82) is 0 Å². The van der Waals surface area contributed by atoms with E-state index < -0.39 is 0 Å². The molecule has 0 aliphatic rings. The van der Waals surface area contributed by atoms with Crippen LogP contribution in [0.3, 0.4) is 0 Å². The Labute approximate surface area is 128 Å². The molecule has 0 spiro atoms. The first-order valence-electron chi connectivity index (χ1n) is 7.07. The van der Waals surface area contributed by atoms with E-state index in [1.54, 1.807) is 12.3 Å². The van der Waals surface area contributed by atoms with Gasteiger partial charge in [-0.2, -0.15) is 0 Å². The van der Waals surface area contributed by atoms with Gasteiger partial charge in [0.15, 0.2) is 0 Å². The van der Waals surface area contributed by atoms with E-state index in [1.807, 2.05) is 55.5 Å². The number of hydrogen-bond donors (Lipinski definition) is 1. The van der Waals surface area contributed by atoms with E-state index in [1.165, 1.54) is 0 Å². The SMILES string of the molecule is Cc1nc(-c2ccccc2)ccc1C(=O)NCc1ccco1. The van der Waals surface area contributed by atoms with E-state index in [0.717, 1.165) is 17.0 Å². The number of aryl methyl sites for hydroxylation is 1. The molecular formula is C18H16N2O2. The van der Waals surface area contributed by atoms with Gasteiger partial charge in [-0.25, -0.2) is 0 Å². The van der Waals surface area contributed by atoms with Crippen LogP contribution >= 0.6 is 0 Å². The molecule has 0 unspecified atom stereocenters. The summed E-state index contributed by atoms with van der Waals surface area (Å²) in [6.07, 6.45) is 1.59. The Morgan fingerprint density at radius 2 is 1.91 bits per heavy atom. The van der Waals surface area contributed by atoms with E-state index in [0.29, 0.717) is 17.8 Å². The highest BCUT2D eigenvalue weighted by Crippen LogP contribution is 2.18. The summed E-state index contributed by atoms with van der Waals surface area (Å²) in [5.41, 5.74) is 3.18. The molecule has 2 aromatic heterocycles. The molecule has 0 aliphatic carbocycles. The third-order valence-corrected chi connectivity index (χ3v) is 3.40. The Balaban J connectivity index is 1.76. The molecule has 4 nitrogen and oxygen atoms in total. The number of aromatic nitrogens is 1. The van der Waals surface area contributed by atoms with Crippen LogP contribution in [-0.4, -0.2) is 10.9 Å². The minimum atomic E-state index is -0.152. The van der Waals surface area contributed by atoms with Gasteiger partial charge in [-0.15, -0.1) is 0 Å². The Hall–Kier alpha value is -2.88. The number of amides is 1. The normalized spacial score (nSPS) is 10.4. The molecule has 0 atom stereocenters. The monoisotopic (exact) mass is 292 g/mol. The van der Waals surface area contributed by atoms with Crippen LogP contribution in [0.25, 0.3) is 11.3 Å². The summed E-state index contributed by atoms with van der Waals surface area (Å²) in [7, 11) is 0. The van der Waals surface area contributed by atoms with E-state index in [-0.39, 0.29) is 5.91 Å². The summed E-state index contributed by atoms with van der Waals surface area (Å²) in [5, 5.41) is 2.83. The van der Waals surface area contributed by atoms with Crippen LogP contribution in [0.5, 0.6) is 0 Å². The lowest BCUT2D eigenvalue weighted by Gasteiger charge is -2.08. The molecule has 0 bridgehead atoms. The van der Waals surface area contributed by atoms with E-state index in [2.05, 4.69) is 10.3 Å². The molecule has 0 saturated heterocycles. The van der Waals surface area contributed by atoms with Crippen LogP contribution in [0.15, 0.2) is 65.3 Å². The second-order valence-electron chi connectivity index (χ2n) is 4.96. The Kier molecular flexibility index (Phi) is 4.01. The van der Waals surface area contributed by atoms with Gasteiger partial charge in [0.05, 0.1) is 29.8 Å². The Morgan fingerprint density at radius 1 is 1.09 bits per heavy atom. The van der Waals surface area contributed by atoms with Gasteiger partial charge < -0.3 is 9.73 Å². The summed E-state index contributed by atoms with van der Waals surface area (Å²) in [5.74, 6) is 0.570. The highest BCUT2D eigenvalue weighted by molar-refractivity contribution is 5.95. The van der Waals surface area contributed by atoms with Crippen LogP contribution in [-0.2, 0) is 6.54 Å². The number of nitrogens with one attached hydrogen (secondary N) is 1. The average molecular weight is 292 g/mol. The second-order valence-corrected chi connectivity index (χ2v) is 4.96. The molecule has 3 aromatic rings. The molecule has 1 N–H and O–H groups in total. The first kappa shape index (κ1) is 14.1. The first-order chi connectivity index (χ1) is 10.7. The lowest BCUT2D eigenvalue weighted by atomic mass is 10.1. The molecule has 4 heteroatoms. The van der Waals surface area contributed by atoms with Crippen molar-refractivity contribution in [1.82, 2.24) is 10.3 Å². The van der Waals surface area contributed by atoms with Crippen LogP contribution in [0.1, 0.15) is 21.8 Å². The number of benzene rings is 1. The van der Waals surface area contributed by atoms with Gasteiger partial charge in [-0.3, -0.25) is 9.78 Å². The quantitative estimate of drug-likeness (QED) is 0.799. The van der Waals surface area contributed by atoms with Crippen LogP contribution < -0.4 is 5.32 Å². The molecule has 2 heterocycles. The van der Waals surface area contributed by atoms with E-state index in [4.69, 9.17) is 4.42 Å². The van der Waals surface area contributed by atoms with Crippen molar-refractivity contribution in [2.75, 3.05) is 0 Å². The van der Waals surface area contributed by atoms with Gasteiger partial charge in [0.25, 0.3) is 5.91 Å². The minimum Gasteiger partial charge on any atom is -0.467 e. The maximum Gasteiger partial charge on any atom is 0.253 e. The third-order valence-electron chi connectivity index (χ3n) is 3.40. The zero-order valence-corrected chi connectivity index (χ0v) is 12.2. The molecular weight excluding hydrogens is 276 g/mol. The smallest absolute Gasteiger partial charge is 0.253 e. The number of carbonyl (C=O) groups excluding carboxylic acids is 1. The summed E-state index contributed by atoms with van der Waals surface area (Å²) < 4.78 is 5.20. The van der Waals surface area contributed by atoms with E-state index >= 15 is 0 Å². The molecule has 0 saturated carbocycles. The van der Waals surface area contributed by atoms with Gasteiger partial charge in [0.2, 0.25) is 0 Å². The summed E-state index contributed by atoms with van der Waals surface area (Å²) in [6.45, 7) is 2.21. The van der Waals surface area contributed by atoms with Crippen LogP contribution in [0, 0.1) is 6.92 Å². The Bertz CT molecular complexity index is 765. The minimum absolute atomic E-state index is 0.152. The van der Waals surface area contributed by atoms with Crippen molar-refractivity contribution < 1.29 is 9.21 Å². The number of furan rings is 1. The van der Waals surface area contributed by atoms with Crippen LogP contribution in [0.4, 0.5) is 0 Å². The number of rotatable bonds is 4. The molecule has 3 rings (SSSR count). The molecule has 1 aromatic carbocycles. The summed E-state index contributed by atoms with van der Waals surface area (Å²) in [6, 6.07) is 17.2. The van der Waals surface area contributed by atoms with Crippen LogP contribution in [0.2, 0.25) is 0 Å². The fraction of sp³-hybridized carbons (Fsp3) is 0.111. The average Bonchev–Trinajstić information content (AvgIpc) is 3.07. The van der Waals surface area contributed by atoms with Gasteiger partial charge in [0, 0.05) is 5.56 Å². The lowest BCUT2D eigenvalue weighted by Crippen LogP contribution is -2.23. The largest absolute Gasteiger partial charge is 0.467 e. The third kappa shape index (κ3) is 3.06. The fourth-order valence-corrected chi connectivity index (χ4v) is 2.25. The predicted molar refractivity (Wildman–Crippen MR) is 84.3 cm³/mol. The maximum atomic E-state index is 12.2. The standard InChI is InChI=1S/C18H16N2O2/c1-13-16(18(21)19-12-15-8-5-11-22-15)9-10-17(20-13)14-6-3-2-4-7-14/h2-11H,12H2,1H3,(H,19,21). The Morgan fingerprint density at radius 3 is 2.59 bits per heavy atom. The molecule has 1 amide bonds. The van der Waals surface area contributed by atoms with Gasteiger partial charge in [-0.1, -0.05) is 30.3 Å². The van der Waals surface area contributed by atoms with E-state index in [9.17, 15) is 4.79 Å². The molecule has 0 aliphatic heterocycles. The maximum absolute atomic E-state index is 12.2. The number of pyridine rings is 1. The lowest BCUT2D eigenvalue weighted by molar-refractivity contribution is 0.0947. The van der Waals surface area contributed by atoms with Crippen molar-refractivity contribution in [2.45, 2.75) is 13.5 Å². The molecule has 0 radical (unpaired) electrons. The number of nitrogens with zero attached hydrogens (tertiary/aromatic N) is 1. The number of hydrogen-bond acceptors (Lipinski definition) is 3. The highest BCUT2D eigenvalue weighted by Gasteiger charge is 2.11. The predicted octanol–water partition coefficient (Wildman–Crippen LogP) is 3.58. The number of carbonyl (C=O) groups is 1. The van der Waals surface area contributed by atoms with Crippen molar-refractivity contribution in [2.24, 2.45) is 0 Å². The van der Waals surface area contributed by atoms with Crippen molar-refractivity contribution >= 4 is 5.91 Å². The van der Waals surface area contributed by atoms with Crippen molar-refractivity contribution in [3.8, 4) is 11.3 Å².